The van der Waals surface area contributed by atoms with Crippen molar-refractivity contribution in [2.75, 3.05) is 11.1 Å². The van der Waals surface area contributed by atoms with Gasteiger partial charge in [0, 0.05) is 22.5 Å². The van der Waals surface area contributed by atoms with E-state index in [1.54, 1.807) is 50.2 Å². The predicted octanol–water partition coefficient (Wildman–Crippen LogP) is 2.24. The molecule has 0 heterocycles. The van der Waals surface area contributed by atoms with Gasteiger partial charge in [-0.1, -0.05) is 12.1 Å². The molecule has 0 radical (unpaired) electrons. The van der Waals surface area contributed by atoms with E-state index in [0.29, 0.717) is 28.1 Å². The molecular formula is C16H17N3O2. The Bertz CT molecular complexity index is 723. The van der Waals surface area contributed by atoms with Crippen LogP contribution in [-0.2, 0) is 0 Å². The minimum atomic E-state index is -0.524. The number of carbonyl (C=O) groups is 2. The van der Waals surface area contributed by atoms with Gasteiger partial charge in [0.05, 0.1) is 0 Å². The first kappa shape index (κ1) is 14.6. The molecule has 0 saturated heterocycles. The highest BCUT2D eigenvalue weighted by Crippen LogP contribution is 2.21. The van der Waals surface area contributed by atoms with Crippen LogP contribution in [0.5, 0.6) is 0 Å². The van der Waals surface area contributed by atoms with E-state index in [4.69, 9.17) is 11.5 Å². The Hall–Kier alpha value is -2.82. The smallest absolute Gasteiger partial charge is 0.256 e. The van der Waals surface area contributed by atoms with E-state index in [-0.39, 0.29) is 5.91 Å². The Morgan fingerprint density at radius 1 is 0.952 bits per heavy atom. The standard InChI is InChI=1S/C16H17N3O2/c1-9-12(6-3-7-13(9)17)16(21)19-14-8-4-5-11(10(14)2)15(18)20/h3-8H,17H2,1-2H3,(H2,18,20)(H,19,21). The quantitative estimate of drug-likeness (QED) is 0.753. The molecule has 0 aliphatic heterocycles. The van der Waals surface area contributed by atoms with Crippen molar-refractivity contribution in [3.63, 3.8) is 0 Å². The van der Waals surface area contributed by atoms with Gasteiger partial charge < -0.3 is 16.8 Å². The van der Waals surface area contributed by atoms with E-state index in [9.17, 15) is 9.59 Å². The summed E-state index contributed by atoms with van der Waals surface area (Å²) in [6.45, 7) is 3.53. The van der Waals surface area contributed by atoms with Crippen LogP contribution in [0.25, 0.3) is 0 Å². The number of hydrogen-bond acceptors (Lipinski definition) is 3. The fourth-order valence-corrected chi connectivity index (χ4v) is 2.13. The Morgan fingerprint density at radius 3 is 2.24 bits per heavy atom. The molecule has 5 N–H and O–H groups in total. The number of carbonyl (C=O) groups excluding carboxylic acids is 2. The van der Waals surface area contributed by atoms with Crippen molar-refractivity contribution in [2.45, 2.75) is 13.8 Å². The topological polar surface area (TPSA) is 98.2 Å². The third-order valence-electron chi connectivity index (χ3n) is 3.47. The van der Waals surface area contributed by atoms with Gasteiger partial charge in [-0.3, -0.25) is 9.59 Å². The molecule has 2 aromatic carbocycles. The highest BCUT2D eigenvalue weighted by Gasteiger charge is 2.14. The molecule has 0 unspecified atom stereocenters. The molecule has 0 bridgehead atoms. The first-order valence-corrected chi connectivity index (χ1v) is 6.47. The lowest BCUT2D eigenvalue weighted by molar-refractivity contribution is 0.0995. The lowest BCUT2D eigenvalue weighted by atomic mass is 10.0. The normalized spacial score (nSPS) is 10.2. The van der Waals surface area contributed by atoms with Gasteiger partial charge in [-0.15, -0.1) is 0 Å². The maximum Gasteiger partial charge on any atom is 0.256 e. The summed E-state index contributed by atoms with van der Waals surface area (Å²) in [5.41, 5.74) is 14.5. The lowest BCUT2D eigenvalue weighted by Crippen LogP contribution is -2.17. The van der Waals surface area contributed by atoms with Crippen molar-refractivity contribution < 1.29 is 9.59 Å². The summed E-state index contributed by atoms with van der Waals surface area (Å²) in [6.07, 6.45) is 0. The van der Waals surface area contributed by atoms with Crippen LogP contribution in [0.2, 0.25) is 0 Å². The highest BCUT2D eigenvalue weighted by molar-refractivity contribution is 6.07. The van der Waals surface area contributed by atoms with Crippen LogP contribution in [0.4, 0.5) is 11.4 Å². The Kier molecular flexibility index (Phi) is 3.93. The molecule has 0 spiro atoms. The van der Waals surface area contributed by atoms with E-state index in [0.717, 1.165) is 5.56 Å². The lowest BCUT2D eigenvalue weighted by Gasteiger charge is -2.12. The molecule has 2 aromatic rings. The van der Waals surface area contributed by atoms with E-state index in [1.165, 1.54) is 0 Å². The third kappa shape index (κ3) is 2.86. The van der Waals surface area contributed by atoms with Crippen molar-refractivity contribution in [1.82, 2.24) is 0 Å². The van der Waals surface area contributed by atoms with Gasteiger partial charge in [0.1, 0.15) is 0 Å². The predicted molar refractivity (Wildman–Crippen MR) is 83.2 cm³/mol. The maximum atomic E-state index is 12.3. The van der Waals surface area contributed by atoms with Gasteiger partial charge in [-0.05, 0) is 49.2 Å². The average Bonchev–Trinajstić information content (AvgIpc) is 2.43. The van der Waals surface area contributed by atoms with Crippen LogP contribution in [0.15, 0.2) is 36.4 Å². The molecule has 5 heteroatoms. The highest BCUT2D eigenvalue weighted by atomic mass is 16.2. The van der Waals surface area contributed by atoms with Gasteiger partial charge in [0.25, 0.3) is 5.91 Å². The number of benzene rings is 2. The van der Waals surface area contributed by atoms with Crippen molar-refractivity contribution in [3.05, 3.63) is 58.7 Å². The second kappa shape index (κ2) is 5.66. The van der Waals surface area contributed by atoms with Gasteiger partial charge >= 0.3 is 0 Å². The Labute approximate surface area is 123 Å². The number of amides is 2. The fraction of sp³-hybridized carbons (Fsp3) is 0.125. The molecule has 5 nitrogen and oxygen atoms in total. The summed E-state index contributed by atoms with van der Waals surface area (Å²) in [4.78, 5) is 23.7. The molecule has 0 aliphatic rings. The Balaban J connectivity index is 2.34. The number of nitrogens with one attached hydrogen (secondary N) is 1. The van der Waals surface area contributed by atoms with E-state index < -0.39 is 5.91 Å². The van der Waals surface area contributed by atoms with Crippen molar-refractivity contribution in [2.24, 2.45) is 5.73 Å². The van der Waals surface area contributed by atoms with E-state index in [2.05, 4.69) is 5.32 Å². The number of primary amides is 1. The minimum absolute atomic E-state index is 0.274. The van der Waals surface area contributed by atoms with E-state index in [1.807, 2.05) is 0 Å². The number of anilines is 2. The maximum absolute atomic E-state index is 12.3. The van der Waals surface area contributed by atoms with Gasteiger partial charge in [0.15, 0.2) is 0 Å². The van der Waals surface area contributed by atoms with Crippen LogP contribution >= 0.6 is 0 Å². The summed E-state index contributed by atoms with van der Waals surface area (Å²) in [6, 6.07) is 10.2. The SMILES string of the molecule is Cc1c(N)cccc1C(=O)Nc1cccc(C(N)=O)c1C. The van der Waals surface area contributed by atoms with Crippen LogP contribution < -0.4 is 16.8 Å². The number of nitrogen functional groups attached to an aromatic ring is 1. The van der Waals surface area contributed by atoms with Crippen molar-refractivity contribution in [1.29, 1.82) is 0 Å². The zero-order chi connectivity index (χ0) is 15.6. The second-order valence-electron chi connectivity index (χ2n) is 4.82. The van der Waals surface area contributed by atoms with Crippen LogP contribution in [-0.4, -0.2) is 11.8 Å². The Morgan fingerprint density at radius 2 is 1.57 bits per heavy atom. The molecule has 0 fully saturated rings. The molecule has 21 heavy (non-hydrogen) atoms. The largest absolute Gasteiger partial charge is 0.398 e. The first-order valence-electron chi connectivity index (χ1n) is 6.47. The number of rotatable bonds is 3. The van der Waals surface area contributed by atoms with Gasteiger partial charge in [-0.2, -0.15) is 0 Å². The molecule has 2 amide bonds. The van der Waals surface area contributed by atoms with Crippen molar-refractivity contribution in [3.8, 4) is 0 Å². The summed E-state index contributed by atoms with van der Waals surface area (Å²) in [5, 5.41) is 2.79. The van der Waals surface area contributed by atoms with Crippen molar-refractivity contribution >= 4 is 23.2 Å². The van der Waals surface area contributed by atoms with Crippen LogP contribution in [0.1, 0.15) is 31.8 Å². The molecular weight excluding hydrogens is 266 g/mol. The number of nitrogens with two attached hydrogens (primary N) is 2. The molecule has 108 valence electrons. The molecule has 0 aromatic heterocycles. The zero-order valence-corrected chi connectivity index (χ0v) is 11.9. The fourth-order valence-electron chi connectivity index (χ4n) is 2.13. The molecule has 0 atom stereocenters. The average molecular weight is 283 g/mol. The molecule has 0 saturated carbocycles. The summed E-state index contributed by atoms with van der Waals surface area (Å²) in [5.74, 6) is -0.798. The number of hydrogen-bond donors (Lipinski definition) is 3. The van der Waals surface area contributed by atoms with E-state index >= 15 is 0 Å². The summed E-state index contributed by atoms with van der Waals surface area (Å²) in [7, 11) is 0. The van der Waals surface area contributed by atoms with Crippen LogP contribution in [0.3, 0.4) is 0 Å². The second-order valence-corrected chi connectivity index (χ2v) is 4.82. The molecule has 2 rings (SSSR count). The minimum Gasteiger partial charge on any atom is -0.398 e. The van der Waals surface area contributed by atoms with Gasteiger partial charge in [0.2, 0.25) is 5.91 Å². The first-order chi connectivity index (χ1) is 9.91. The third-order valence-corrected chi connectivity index (χ3v) is 3.47. The van der Waals surface area contributed by atoms with Crippen LogP contribution in [0, 0.1) is 13.8 Å². The summed E-state index contributed by atoms with van der Waals surface area (Å²) >= 11 is 0. The van der Waals surface area contributed by atoms with Gasteiger partial charge in [-0.25, -0.2) is 0 Å². The zero-order valence-electron chi connectivity index (χ0n) is 11.9. The monoisotopic (exact) mass is 283 g/mol. The molecule has 0 aliphatic carbocycles. The summed E-state index contributed by atoms with van der Waals surface area (Å²) < 4.78 is 0.